The van der Waals surface area contributed by atoms with Crippen molar-refractivity contribution in [2.24, 2.45) is 5.92 Å². The Kier molecular flexibility index (Phi) is 14.6. The second kappa shape index (κ2) is 14.8. The molecule has 0 rings (SSSR count). The quantitative estimate of drug-likeness (QED) is 0.224. The van der Waals surface area contributed by atoms with E-state index in [2.05, 4.69) is 33.3 Å². The van der Waals surface area contributed by atoms with Crippen molar-refractivity contribution < 1.29 is 0 Å². The summed E-state index contributed by atoms with van der Waals surface area (Å²) in [5, 5.41) is 0. The van der Waals surface area contributed by atoms with E-state index in [0.717, 1.165) is 18.8 Å². The summed E-state index contributed by atoms with van der Waals surface area (Å²) in [4.78, 5) is 0. The summed E-state index contributed by atoms with van der Waals surface area (Å²) < 4.78 is 0. The largest absolute Gasteiger partial charge is 0.165 e. The van der Waals surface area contributed by atoms with Crippen LogP contribution in [-0.2, 0) is 0 Å². The molecule has 0 amide bonds. The Morgan fingerprint density at radius 3 is 2.00 bits per heavy atom. The first-order valence-electron chi connectivity index (χ1n) is 8.86. The van der Waals surface area contributed by atoms with E-state index in [9.17, 15) is 0 Å². The molecule has 0 bridgehead atoms. The topological polar surface area (TPSA) is 0 Å². The Morgan fingerprint density at radius 2 is 1.43 bits per heavy atom. The molecule has 0 aliphatic rings. The summed E-state index contributed by atoms with van der Waals surface area (Å²) in [7, 11) is 0. The molecule has 0 radical (unpaired) electrons. The van der Waals surface area contributed by atoms with Crippen molar-refractivity contribution in [2.75, 3.05) is 12.0 Å². The van der Waals surface area contributed by atoms with E-state index in [1.807, 2.05) is 11.8 Å². The smallest absolute Gasteiger partial charge is 0.00445 e. The highest BCUT2D eigenvalue weighted by Gasteiger charge is 2.00. The first-order chi connectivity index (χ1) is 10.1. The van der Waals surface area contributed by atoms with E-state index in [-0.39, 0.29) is 0 Å². The average molecular weight is 311 g/mol. The van der Waals surface area contributed by atoms with Crippen LogP contribution in [0.3, 0.4) is 0 Å². The van der Waals surface area contributed by atoms with Crippen LogP contribution < -0.4 is 0 Å². The predicted molar refractivity (Wildman–Crippen MR) is 102 cm³/mol. The van der Waals surface area contributed by atoms with Crippen LogP contribution in [0.25, 0.3) is 0 Å². The highest BCUT2D eigenvalue weighted by Crippen LogP contribution is 2.17. The zero-order chi connectivity index (χ0) is 15.9. The van der Waals surface area contributed by atoms with Gasteiger partial charge in [-0.05, 0) is 57.0 Å². The van der Waals surface area contributed by atoms with Gasteiger partial charge in [-0.25, -0.2) is 0 Å². The van der Waals surface area contributed by atoms with Gasteiger partial charge in [0.25, 0.3) is 0 Å². The number of allylic oxidation sites excluding steroid dienone is 2. The van der Waals surface area contributed by atoms with Crippen molar-refractivity contribution in [3.63, 3.8) is 0 Å². The van der Waals surface area contributed by atoms with Gasteiger partial charge < -0.3 is 0 Å². The Bertz CT molecular complexity index is 267. The Hall–Kier alpha value is -0.170. The maximum Gasteiger partial charge on any atom is -0.00445 e. The zero-order valence-electron chi connectivity index (χ0n) is 14.9. The molecule has 0 N–H and O–H groups in total. The lowest BCUT2D eigenvalue weighted by molar-refractivity contribution is 0.513. The molecule has 0 spiro atoms. The summed E-state index contributed by atoms with van der Waals surface area (Å²) in [5.74, 6) is 2.24. The van der Waals surface area contributed by atoms with Crippen molar-refractivity contribution in [1.82, 2.24) is 0 Å². The summed E-state index contributed by atoms with van der Waals surface area (Å²) >= 11 is 1.98. The van der Waals surface area contributed by atoms with E-state index >= 15 is 0 Å². The second-order valence-electron chi connectivity index (χ2n) is 6.78. The van der Waals surface area contributed by atoms with Gasteiger partial charge in [0.2, 0.25) is 0 Å². The molecule has 21 heavy (non-hydrogen) atoms. The maximum atomic E-state index is 4.17. The van der Waals surface area contributed by atoms with Crippen LogP contribution in [0.5, 0.6) is 0 Å². The van der Waals surface area contributed by atoms with Crippen molar-refractivity contribution in [3.8, 4) is 0 Å². The average Bonchev–Trinajstić information content (AvgIpc) is 2.43. The van der Waals surface area contributed by atoms with Gasteiger partial charge >= 0.3 is 0 Å². The van der Waals surface area contributed by atoms with Gasteiger partial charge in [-0.15, -0.1) is 6.58 Å². The first kappa shape index (κ1) is 20.8. The van der Waals surface area contributed by atoms with Crippen molar-refractivity contribution in [2.45, 2.75) is 84.5 Å². The maximum absolute atomic E-state index is 4.17. The first-order valence-corrected chi connectivity index (χ1v) is 10.3. The van der Waals surface area contributed by atoms with Gasteiger partial charge in [0.1, 0.15) is 0 Å². The fraction of sp³-hybridized carbons (Fsp3) is 0.800. The molecule has 0 aromatic heterocycles. The molecule has 0 fully saturated rings. The molecule has 0 aliphatic carbocycles. The molecular weight excluding hydrogens is 272 g/mol. The molecule has 124 valence electrons. The molecule has 0 aliphatic heterocycles. The number of hydrogen-bond donors (Lipinski definition) is 0. The van der Waals surface area contributed by atoms with E-state index in [0.29, 0.717) is 0 Å². The molecule has 0 saturated heterocycles. The Balaban J connectivity index is 3.22. The van der Waals surface area contributed by atoms with Crippen LogP contribution in [-0.4, -0.2) is 12.0 Å². The lowest BCUT2D eigenvalue weighted by atomic mass is 10.0. The molecule has 1 unspecified atom stereocenters. The second-order valence-corrected chi connectivity index (χ2v) is 7.69. The standard InChI is InChI=1S/C20H38S/c1-18(2)15-16-19(3)13-11-9-7-6-8-10-12-14-20(4)17-21-5/h20H,1,3,6-17H2,2,4-5H3. The summed E-state index contributed by atoms with van der Waals surface area (Å²) in [6.07, 6.45) is 17.0. The molecule has 0 aromatic rings. The monoisotopic (exact) mass is 310 g/mol. The minimum absolute atomic E-state index is 0.908. The summed E-state index contributed by atoms with van der Waals surface area (Å²) in [6.45, 7) is 12.6. The van der Waals surface area contributed by atoms with Crippen LogP contribution in [0.2, 0.25) is 0 Å². The zero-order valence-corrected chi connectivity index (χ0v) is 15.7. The highest BCUT2D eigenvalue weighted by molar-refractivity contribution is 7.98. The number of rotatable bonds is 15. The van der Waals surface area contributed by atoms with E-state index < -0.39 is 0 Å². The molecule has 0 heterocycles. The van der Waals surface area contributed by atoms with Gasteiger partial charge in [-0.1, -0.05) is 63.2 Å². The lowest BCUT2D eigenvalue weighted by Gasteiger charge is -2.09. The fourth-order valence-corrected chi connectivity index (χ4v) is 3.37. The van der Waals surface area contributed by atoms with Gasteiger partial charge in [0, 0.05) is 0 Å². The van der Waals surface area contributed by atoms with Gasteiger partial charge in [-0.2, -0.15) is 11.8 Å². The molecule has 1 atom stereocenters. The molecule has 0 nitrogen and oxygen atoms in total. The minimum Gasteiger partial charge on any atom is -0.165 e. The normalized spacial score (nSPS) is 12.3. The van der Waals surface area contributed by atoms with Crippen LogP contribution in [0, 0.1) is 5.92 Å². The number of hydrogen-bond acceptors (Lipinski definition) is 1. The number of thioether (sulfide) groups is 1. The summed E-state index contributed by atoms with van der Waals surface area (Å²) in [6, 6.07) is 0. The van der Waals surface area contributed by atoms with Crippen LogP contribution in [0.15, 0.2) is 24.3 Å². The predicted octanol–water partition coefficient (Wildman–Crippen LogP) is 7.41. The van der Waals surface area contributed by atoms with Crippen molar-refractivity contribution in [3.05, 3.63) is 24.3 Å². The van der Waals surface area contributed by atoms with Crippen LogP contribution in [0.4, 0.5) is 0 Å². The highest BCUT2D eigenvalue weighted by atomic mass is 32.2. The van der Waals surface area contributed by atoms with E-state index in [1.165, 1.54) is 74.7 Å². The van der Waals surface area contributed by atoms with Crippen molar-refractivity contribution in [1.29, 1.82) is 0 Å². The van der Waals surface area contributed by atoms with Gasteiger partial charge in [0.05, 0.1) is 0 Å². The Morgan fingerprint density at radius 1 is 0.857 bits per heavy atom. The van der Waals surface area contributed by atoms with Crippen molar-refractivity contribution >= 4 is 11.8 Å². The SMILES string of the molecule is C=C(C)CCC(=C)CCCCCCCCCC(C)CSC. The third-order valence-electron chi connectivity index (χ3n) is 4.08. The minimum atomic E-state index is 0.908. The van der Waals surface area contributed by atoms with Gasteiger partial charge in [-0.3, -0.25) is 0 Å². The van der Waals surface area contributed by atoms with Crippen LogP contribution in [0.1, 0.15) is 84.5 Å². The number of unbranched alkanes of at least 4 members (excludes halogenated alkanes) is 6. The molecular formula is C20H38S. The molecule has 0 saturated carbocycles. The lowest BCUT2D eigenvalue weighted by Crippen LogP contribution is -1.97. The Labute approximate surface area is 138 Å². The van der Waals surface area contributed by atoms with E-state index in [4.69, 9.17) is 0 Å². The fourth-order valence-electron chi connectivity index (χ4n) is 2.63. The molecule has 1 heteroatoms. The molecule has 0 aromatic carbocycles. The summed E-state index contributed by atoms with van der Waals surface area (Å²) in [5.41, 5.74) is 2.70. The van der Waals surface area contributed by atoms with E-state index in [1.54, 1.807) is 0 Å². The van der Waals surface area contributed by atoms with Gasteiger partial charge in [0.15, 0.2) is 0 Å². The third kappa shape index (κ3) is 16.0. The third-order valence-corrected chi connectivity index (χ3v) is 4.99. The van der Waals surface area contributed by atoms with Crippen LogP contribution >= 0.6 is 11.8 Å².